The molecule has 0 saturated carbocycles. The van der Waals surface area contributed by atoms with E-state index in [1.165, 1.54) is 0 Å². The summed E-state index contributed by atoms with van der Waals surface area (Å²) in [5.74, 6) is 0.447. The van der Waals surface area contributed by atoms with Gasteiger partial charge in [-0.1, -0.05) is 6.07 Å². The molecule has 1 aromatic rings. The molecule has 15 heavy (non-hydrogen) atoms. The highest BCUT2D eigenvalue weighted by Gasteiger charge is 2.22. The van der Waals surface area contributed by atoms with Crippen LogP contribution in [0.1, 0.15) is 30.1 Å². The van der Waals surface area contributed by atoms with Crippen LogP contribution in [0.25, 0.3) is 0 Å². The van der Waals surface area contributed by atoms with Crippen LogP contribution in [0.4, 0.5) is 0 Å². The third kappa shape index (κ3) is 2.55. The lowest BCUT2D eigenvalue weighted by molar-refractivity contribution is 0.0447. The Kier molecular flexibility index (Phi) is 3.34. The van der Waals surface area contributed by atoms with Gasteiger partial charge in [-0.2, -0.15) is 0 Å². The molecule has 1 aliphatic rings. The number of aromatic nitrogens is 1. The number of pyridine rings is 1. The molecular formula is C12H18N2O. The molecule has 0 amide bonds. The monoisotopic (exact) mass is 206 g/mol. The summed E-state index contributed by atoms with van der Waals surface area (Å²) in [4.78, 5) is 4.27. The number of rotatable bonds is 2. The lowest BCUT2D eigenvalue weighted by atomic mass is 9.90. The lowest BCUT2D eigenvalue weighted by Gasteiger charge is -2.27. The number of aryl methyl sites for hydroxylation is 1. The second-order valence-corrected chi connectivity index (χ2v) is 4.24. The van der Waals surface area contributed by atoms with Gasteiger partial charge in [-0.15, -0.1) is 0 Å². The minimum absolute atomic E-state index is 0.0680. The molecule has 0 spiro atoms. The molecule has 0 radical (unpaired) electrons. The van der Waals surface area contributed by atoms with Gasteiger partial charge in [-0.3, -0.25) is 4.98 Å². The Balaban J connectivity index is 2.05. The maximum absolute atomic E-state index is 6.20. The number of nitrogens with zero attached hydrogens (tertiary/aromatic N) is 1. The van der Waals surface area contributed by atoms with E-state index in [1.54, 1.807) is 0 Å². The van der Waals surface area contributed by atoms with Crippen molar-refractivity contribution in [2.75, 3.05) is 13.2 Å². The second-order valence-electron chi connectivity index (χ2n) is 4.24. The Hall–Kier alpha value is -0.930. The summed E-state index contributed by atoms with van der Waals surface area (Å²) in [5, 5.41) is 0. The van der Waals surface area contributed by atoms with E-state index in [4.69, 9.17) is 10.5 Å². The normalized spacial score (nSPS) is 23.7. The molecule has 3 nitrogen and oxygen atoms in total. The van der Waals surface area contributed by atoms with Gasteiger partial charge in [0.25, 0.3) is 0 Å². The standard InChI is InChI=1S/C12H18N2O/c1-9-4-5-10(7-14-9)12(13)11-3-2-6-15-8-11/h4-5,7,11-12H,2-3,6,8,13H2,1H3. The van der Waals surface area contributed by atoms with E-state index in [2.05, 4.69) is 11.1 Å². The number of nitrogens with two attached hydrogens (primary N) is 1. The van der Waals surface area contributed by atoms with E-state index < -0.39 is 0 Å². The van der Waals surface area contributed by atoms with Crippen molar-refractivity contribution >= 4 is 0 Å². The van der Waals surface area contributed by atoms with Crippen molar-refractivity contribution in [3.8, 4) is 0 Å². The molecular weight excluding hydrogens is 188 g/mol. The lowest BCUT2D eigenvalue weighted by Crippen LogP contribution is -2.29. The van der Waals surface area contributed by atoms with Crippen LogP contribution >= 0.6 is 0 Å². The summed E-state index contributed by atoms with van der Waals surface area (Å²) in [7, 11) is 0. The van der Waals surface area contributed by atoms with Crippen molar-refractivity contribution in [1.82, 2.24) is 4.98 Å². The van der Waals surface area contributed by atoms with Crippen LogP contribution in [0.3, 0.4) is 0 Å². The summed E-state index contributed by atoms with van der Waals surface area (Å²) in [6.07, 6.45) is 4.17. The predicted molar refractivity (Wildman–Crippen MR) is 59.4 cm³/mol. The molecule has 2 rings (SSSR count). The summed E-state index contributed by atoms with van der Waals surface area (Å²) < 4.78 is 5.45. The van der Waals surface area contributed by atoms with E-state index in [-0.39, 0.29) is 6.04 Å². The summed E-state index contributed by atoms with van der Waals surface area (Å²) in [6.45, 7) is 3.66. The van der Waals surface area contributed by atoms with Crippen molar-refractivity contribution in [2.45, 2.75) is 25.8 Å². The first-order valence-electron chi connectivity index (χ1n) is 5.53. The van der Waals surface area contributed by atoms with Gasteiger partial charge in [0.15, 0.2) is 0 Å². The third-order valence-electron chi connectivity index (χ3n) is 3.02. The van der Waals surface area contributed by atoms with Gasteiger partial charge < -0.3 is 10.5 Å². The fraction of sp³-hybridized carbons (Fsp3) is 0.583. The highest BCUT2D eigenvalue weighted by Crippen LogP contribution is 2.26. The predicted octanol–water partition coefficient (Wildman–Crippen LogP) is 1.82. The molecule has 3 heteroatoms. The molecule has 2 heterocycles. The van der Waals surface area contributed by atoms with E-state index in [0.717, 1.165) is 37.3 Å². The van der Waals surface area contributed by atoms with Crippen LogP contribution in [0.2, 0.25) is 0 Å². The molecule has 2 N–H and O–H groups in total. The Bertz CT molecular complexity index is 304. The first-order valence-corrected chi connectivity index (χ1v) is 5.53. The van der Waals surface area contributed by atoms with Crippen molar-refractivity contribution in [2.24, 2.45) is 11.7 Å². The quantitative estimate of drug-likeness (QED) is 0.803. The highest BCUT2D eigenvalue weighted by atomic mass is 16.5. The molecule has 0 bridgehead atoms. The Labute approximate surface area is 90.7 Å². The van der Waals surface area contributed by atoms with Crippen molar-refractivity contribution in [1.29, 1.82) is 0 Å². The van der Waals surface area contributed by atoms with E-state index in [0.29, 0.717) is 5.92 Å². The zero-order chi connectivity index (χ0) is 10.7. The zero-order valence-corrected chi connectivity index (χ0v) is 9.15. The first-order chi connectivity index (χ1) is 7.27. The van der Waals surface area contributed by atoms with Gasteiger partial charge in [0, 0.05) is 30.5 Å². The van der Waals surface area contributed by atoms with Gasteiger partial charge in [-0.25, -0.2) is 0 Å². The van der Waals surface area contributed by atoms with Gasteiger partial charge in [0.1, 0.15) is 0 Å². The summed E-state index contributed by atoms with van der Waals surface area (Å²) in [5.41, 5.74) is 8.35. The fourth-order valence-electron chi connectivity index (χ4n) is 2.00. The maximum atomic E-state index is 6.20. The van der Waals surface area contributed by atoms with Crippen LogP contribution in [0.5, 0.6) is 0 Å². The first kappa shape index (κ1) is 10.6. The molecule has 1 aromatic heterocycles. The van der Waals surface area contributed by atoms with Crippen LogP contribution in [-0.2, 0) is 4.74 Å². The Morgan fingerprint density at radius 1 is 1.53 bits per heavy atom. The molecule has 1 saturated heterocycles. The topological polar surface area (TPSA) is 48.1 Å². The average Bonchev–Trinajstić information content (AvgIpc) is 2.30. The largest absolute Gasteiger partial charge is 0.381 e. The van der Waals surface area contributed by atoms with Gasteiger partial charge >= 0.3 is 0 Å². The third-order valence-corrected chi connectivity index (χ3v) is 3.02. The number of hydrogen-bond donors (Lipinski definition) is 1. The Morgan fingerprint density at radius 3 is 3.00 bits per heavy atom. The molecule has 0 aliphatic carbocycles. The number of hydrogen-bond acceptors (Lipinski definition) is 3. The van der Waals surface area contributed by atoms with E-state index in [1.807, 2.05) is 19.2 Å². The van der Waals surface area contributed by atoms with E-state index >= 15 is 0 Å². The van der Waals surface area contributed by atoms with Crippen molar-refractivity contribution in [3.05, 3.63) is 29.6 Å². The minimum atomic E-state index is 0.0680. The molecule has 2 unspecified atom stereocenters. The number of ether oxygens (including phenoxy) is 1. The molecule has 0 aromatic carbocycles. The zero-order valence-electron chi connectivity index (χ0n) is 9.15. The van der Waals surface area contributed by atoms with Crippen LogP contribution in [-0.4, -0.2) is 18.2 Å². The smallest absolute Gasteiger partial charge is 0.0512 e. The SMILES string of the molecule is Cc1ccc(C(N)C2CCCOC2)cn1. The van der Waals surface area contributed by atoms with Crippen LogP contribution in [0.15, 0.2) is 18.3 Å². The van der Waals surface area contributed by atoms with Crippen LogP contribution < -0.4 is 5.73 Å². The van der Waals surface area contributed by atoms with Crippen molar-refractivity contribution in [3.63, 3.8) is 0 Å². The van der Waals surface area contributed by atoms with Gasteiger partial charge in [-0.05, 0) is 31.4 Å². The van der Waals surface area contributed by atoms with E-state index in [9.17, 15) is 0 Å². The molecule has 82 valence electrons. The second kappa shape index (κ2) is 4.73. The fourth-order valence-corrected chi connectivity index (χ4v) is 2.00. The minimum Gasteiger partial charge on any atom is -0.381 e. The summed E-state index contributed by atoms with van der Waals surface area (Å²) in [6, 6.07) is 4.15. The summed E-state index contributed by atoms with van der Waals surface area (Å²) >= 11 is 0. The maximum Gasteiger partial charge on any atom is 0.0512 e. The highest BCUT2D eigenvalue weighted by molar-refractivity contribution is 5.17. The van der Waals surface area contributed by atoms with Gasteiger partial charge in [0.05, 0.1) is 6.61 Å². The average molecular weight is 206 g/mol. The van der Waals surface area contributed by atoms with Crippen LogP contribution in [0, 0.1) is 12.8 Å². The van der Waals surface area contributed by atoms with Gasteiger partial charge in [0.2, 0.25) is 0 Å². The Morgan fingerprint density at radius 2 is 2.40 bits per heavy atom. The van der Waals surface area contributed by atoms with Crippen molar-refractivity contribution < 1.29 is 4.74 Å². The molecule has 1 aliphatic heterocycles. The molecule has 1 fully saturated rings. The molecule has 2 atom stereocenters.